The van der Waals surface area contributed by atoms with Gasteiger partial charge in [-0.15, -0.1) is 0 Å². The molecule has 3 N–H and O–H groups in total. The van der Waals surface area contributed by atoms with Crippen molar-refractivity contribution in [2.24, 2.45) is 5.73 Å². The van der Waals surface area contributed by atoms with Gasteiger partial charge >= 0.3 is 0 Å². The van der Waals surface area contributed by atoms with Crippen LogP contribution in [0.5, 0.6) is 0 Å². The smallest absolute Gasteiger partial charge is 0.151 e. The summed E-state index contributed by atoms with van der Waals surface area (Å²) in [6.07, 6.45) is 1.05. The van der Waals surface area contributed by atoms with Gasteiger partial charge in [0.2, 0.25) is 0 Å². The lowest BCUT2D eigenvalue weighted by molar-refractivity contribution is 0.751. The maximum Gasteiger partial charge on any atom is 0.151 e. The summed E-state index contributed by atoms with van der Waals surface area (Å²) in [6, 6.07) is 12.6. The Morgan fingerprint density at radius 3 is 2.82 bits per heavy atom. The number of nitrogens with one attached hydrogen (secondary N) is 1. The summed E-state index contributed by atoms with van der Waals surface area (Å²) in [4.78, 5) is 2.23. The summed E-state index contributed by atoms with van der Waals surface area (Å²) in [5.41, 5.74) is 8.12. The average Bonchev–Trinajstić information content (AvgIpc) is 2.98. The summed E-state index contributed by atoms with van der Waals surface area (Å²) in [5, 5.41) is 7.44. The molecule has 2 aromatic rings. The van der Waals surface area contributed by atoms with E-state index in [0.29, 0.717) is 0 Å². The number of anilines is 1. The number of H-pyrrole nitrogens is 1. The third-order valence-corrected chi connectivity index (χ3v) is 3.20. The van der Waals surface area contributed by atoms with E-state index in [1.165, 1.54) is 0 Å². The van der Waals surface area contributed by atoms with E-state index in [2.05, 4.69) is 33.3 Å². The second kappa shape index (κ2) is 4.22. The molecule has 1 aromatic carbocycles. The van der Waals surface area contributed by atoms with E-state index < -0.39 is 0 Å². The number of benzene rings is 1. The second-order valence-electron chi connectivity index (χ2n) is 4.50. The Morgan fingerprint density at radius 2 is 2.12 bits per heavy atom. The summed E-state index contributed by atoms with van der Waals surface area (Å²) in [5.74, 6) is 0.997. The van der Waals surface area contributed by atoms with Crippen LogP contribution in [0.1, 0.15) is 6.42 Å². The highest BCUT2D eigenvalue weighted by atomic mass is 15.3. The summed E-state index contributed by atoms with van der Waals surface area (Å²) in [7, 11) is 0. The fourth-order valence-electron chi connectivity index (χ4n) is 2.23. The summed E-state index contributed by atoms with van der Waals surface area (Å²) in [6.45, 7) is 1.90. The fourth-order valence-corrected chi connectivity index (χ4v) is 2.23. The molecule has 2 heterocycles. The van der Waals surface area contributed by atoms with Crippen LogP contribution in [0.3, 0.4) is 0 Å². The van der Waals surface area contributed by atoms with Crippen LogP contribution in [-0.4, -0.2) is 29.3 Å². The van der Waals surface area contributed by atoms with Crippen molar-refractivity contribution in [3.05, 3.63) is 36.4 Å². The molecule has 4 heteroatoms. The normalized spacial score (nSPS) is 19.8. The number of nitrogens with two attached hydrogens (primary N) is 1. The van der Waals surface area contributed by atoms with E-state index in [1.54, 1.807) is 0 Å². The van der Waals surface area contributed by atoms with E-state index in [1.807, 2.05) is 18.2 Å². The molecule has 88 valence electrons. The maximum absolute atomic E-state index is 5.90. The zero-order chi connectivity index (χ0) is 11.7. The molecular weight excluding hydrogens is 212 g/mol. The molecule has 1 fully saturated rings. The number of rotatable bonds is 2. The van der Waals surface area contributed by atoms with Gasteiger partial charge in [0.25, 0.3) is 0 Å². The fraction of sp³-hybridized carbons (Fsp3) is 0.308. The molecule has 0 bridgehead atoms. The molecule has 1 saturated heterocycles. The standard InChI is InChI=1S/C13H16N4/c14-11-6-7-17(9-11)13-8-12(15-16-13)10-4-2-1-3-5-10/h1-5,8,11H,6-7,9,14H2,(H,15,16)/t11-/m0/s1. The zero-order valence-electron chi connectivity index (χ0n) is 9.63. The van der Waals surface area contributed by atoms with Gasteiger partial charge in [0.1, 0.15) is 0 Å². The molecule has 17 heavy (non-hydrogen) atoms. The van der Waals surface area contributed by atoms with Crippen molar-refractivity contribution in [1.29, 1.82) is 0 Å². The number of hydrogen-bond donors (Lipinski definition) is 2. The lowest BCUT2D eigenvalue weighted by Gasteiger charge is -2.13. The van der Waals surface area contributed by atoms with E-state index >= 15 is 0 Å². The quantitative estimate of drug-likeness (QED) is 0.821. The lowest BCUT2D eigenvalue weighted by atomic mass is 10.1. The van der Waals surface area contributed by atoms with Crippen LogP contribution < -0.4 is 10.6 Å². The van der Waals surface area contributed by atoms with Crippen molar-refractivity contribution >= 4 is 5.82 Å². The van der Waals surface area contributed by atoms with Gasteiger partial charge in [-0.3, -0.25) is 5.10 Å². The van der Waals surface area contributed by atoms with Crippen LogP contribution in [0, 0.1) is 0 Å². The molecule has 0 unspecified atom stereocenters. The molecule has 1 aromatic heterocycles. The Morgan fingerprint density at radius 1 is 1.29 bits per heavy atom. The second-order valence-corrected chi connectivity index (χ2v) is 4.50. The first-order chi connectivity index (χ1) is 8.33. The van der Waals surface area contributed by atoms with Gasteiger partial charge in [-0.1, -0.05) is 30.3 Å². The number of nitrogens with zero attached hydrogens (tertiary/aromatic N) is 2. The molecule has 0 spiro atoms. The molecule has 0 saturated carbocycles. The van der Waals surface area contributed by atoms with Gasteiger partial charge < -0.3 is 10.6 Å². The third-order valence-electron chi connectivity index (χ3n) is 3.20. The number of hydrogen-bond acceptors (Lipinski definition) is 3. The van der Waals surface area contributed by atoms with Crippen molar-refractivity contribution in [2.75, 3.05) is 18.0 Å². The predicted octanol–water partition coefficient (Wildman–Crippen LogP) is 1.61. The average molecular weight is 228 g/mol. The van der Waals surface area contributed by atoms with E-state index in [9.17, 15) is 0 Å². The highest BCUT2D eigenvalue weighted by Crippen LogP contribution is 2.23. The highest BCUT2D eigenvalue weighted by molar-refractivity contribution is 5.63. The van der Waals surface area contributed by atoms with Gasteiger partial charge in [-0.2, -0.15) is 5.10 Å². The SMILES string of the molecule is N[C@H]1CCN(c2cc(-c3ccccc3)[nH]n2)C1. The predicted molar refractivity (Wildman–Crippen MR) is 68.8 cm³/mol. The van der Waals surface area contributed by atoms with Crippen LogP contribution >= 0.6 is 0 Å². The molecule has 0 aliphatic carbocycles. The van der Waals surface area contributed by atoms with Gasteiger partial charge in [0.05, 0.1) is 5.69 Å². The maximum atomic E-state index is 5.90. The Bertz CT molecular complexity index is 491. The Labute approximate surface area is 100 Å². The van der Waals surface area contributed by atoms with Crippen molar-refractivity contribution in [3.63, 3.8) is 0 Å². The van der Waals surface area contributed by atoms with Gasteiger partial charge in [-0.25, -0.2) is 0 Å². The molecule has 0 amide bonds. The van der Waals surface area contributed by atoms with Gasteiger partial charge in [0, 0.05) is 25.2 Å². The molecule has 1 aliphatic heterocycles. The van der Waals surface area contributed by atoms with E-state index in [-0.39, 0.29) is 6.04 Å². The molecule has 3 rings (SSSR count). The molecular formula is C13H16N4. The minimum absolute atomic E-state index is 0.284. The van der Waals surface area contributed by atoms with Crippen LogP contribution in [-0.2, 0) is 0 Å². The lowest BCUT2D eigenvalue weighted by Crippen LogP contribution is -2.26. The largest absolute Gasteiger partial charge is 0.354 e. The van der Waals surface area contributed by atoms with Crippen molar-refractivity contribution < 1.29 is 0 Å². The van der Waals surface area contributed by atoms with Crippen molar-refractivity contribution in [2.45, 2.75) is 12.5 Å². The van der Waals surface area contributed by atoms with E-state index in [0.717, 1.165) is 36.6 Å². The molecule has 4 nitrogen and oxygen atoms in total. The zero-order valence-corrected chi connectivity index (χ0v) is 9.63. The minimum Gasteiger partial charge on any atom is -0.354 e. The summed E-state index contributed by atoms with van der Waals surface area (Å²) < 4.78 is 0. The molecule has 1 aliphatic rings. The number of aromatic nitrogens is 2. The first kappa shape index (κ1) is 10.4. The summed E-state index contributed by atoms with van der Waals surface area (Å²) >= 11 is 0. The van der Waals surface area contributed by atoms with Crippen molar-refractivity contribution in [3.8, 4) is 11.3 Å². The Balaban J connectivity index is 1.84. The molecule has 1 atom stereocenters. The van der Waals surface area contributed by atoms with Crippen LogP contribution in [0.15, 0.2) is 36.4 Å². The van der Waals surface area contributed by atoms with Crippen molar-refractivity contribution in [1.82, 2.24) is 10.2 Å². The van der Waals surface area contributed by atoms with Gasteiger partial charge in [0.15, 0.2) is 5.82 Å². The molecule has 0 radical (unpaired) electrons. The first-order valence-electron chi connectivity index (χ1n) is 5.94. The van der Waals surface area contributed by atoms with Crippen LogP contribution in [0.2, 0.25) is 0 Å². The van der Waals surface area contributed by atoms with E-state index in [4.69, 9.17) is 5.73 Å². The van der Waals surface area contributed by atoms with Crippen LogP contribution in [0.25, 0.3) is 11.3 Å². The van der Waals surface area contributed by atoms with Gasteiger partial charge in [-0.05, 0) is 12.0 Å². The monoisotopic (exact) mass is 228 g/mol. The Hall–Kier alpha value is -1.81. The third kappa shape index (κ3) is 2.03. The highest BCUT2D eigenvalue weighted by Gasteiger charge is 2.21. The van der Waals surface area contributed by atoms with Crippen LogP contribution in [0.4, 0.5) is 5.82 Å². The Kier molecular flexibility index (Phi) is 2.57. The minimum atomic E-state index is 0.284. The first-order valence-corrected chi connectivity index (χ1v) is 5.94. The number of aromatic amines is 1. The topological polar surface area (TPSA) is 57.9 Å².